The van der Waals surface area contributed by atoms with Crippen molar-refractivity contribution in [3.63, 3.8) is 0 Å². The predicted octanol–water partition coefficient (Wildman–Crippen LogP) is 2.72. The van der Waals surface area contributed by atoms with Gasteiger partial charge in [0, 0.05) is 55.6 Å². The summed E-state index contributed by atoms with van der Waals surface area (Å²) >= 11 is 5.67. The molecule has 16 heteroatoms. The third kappa shape index (κ3) is 8.87. The van der Waals surface area contributed by atoms with E-state index in [2.05, 4.69) is 21.4 Å². The second-order valence-corrected chi connectivity index (χ2v) is 12.9. The van der Waals surface area contributed by atoms with Gasteiger partial charge < -0.3 is 25.1 Å². The van der Waals surface area contributed by atoms with Crippen LogP contribution < -0.4 is 21.4 Å². The molecule has 49 heavy (non-hydrogen) atoms. The molecule has 1 aromatic carbocycles. The predicted molar refractivity (Wildman–Crippen MR) is 184 cm³/mol. The van der Waals surface area contributed by atoms with E-state index >= 15 is 0 Å². The van der Waals surface area contributed by atoms with Crippen LogP contribution in [0.15, 0.2) is 83.3 Å². The van der Waals surface area contributed by atoms with Crippen molar-refractivity contribution in [1.82, 2.24) is 19.9 Å². The number of aryl methyl sites for hydroxylation is 2. The number of halogens is 1. The number of alkyl halides is 1. The van der Waals surface area contributed by atoms with Crippen molar-refractivity contribution in [3.8, 4) is 6.07 Å². The van der Waals surface area contributed by atoms with Gasteiger partial charge in [-0.3, -0.25) is 28.2 Å². The van der Waals surface area contributed by atoms with Crippen molar-refractivity contribution in [2.24, 2.45) is 14.1 Å². The molecular formula is C33H34ClN8O6S+. The normalized spacial score (nSPS) is 15.9. The van der Waals surface area contributed by atoms with Crippen LogP contribution in [0.5, 0.6) is 0 Å². The summed E-state index contributed by atoms with van der Waals surface area (Å²) in [4.78, 5) is 64.1. The molecule has 2 aromatic heterocycles. The van der Waals surface area contributed by atoms with E-state index in [1.165, 1.54) is 48.3 Å². The van der Waals surface area contributed by atoms with Crippen molar-refractivity contribution >= 4 is 69.8 Å². The molecule has 2 atom stereocenters. The Balaban J connectivity index is 1.45. The Morgan fingerprint density at radius 2 is 1.59 bits per heavy atom. The third-order valence-corrected chi connectivity index (χ3v) is 9.16. The Hall–Kier alpha value is -5.56. The lowest BCUT2D eigenvalue weighted by molar-refractivity contribution is -0.849. The van der Waals surface area contributed by atoms with E-state index < -0.39 is 38.9 Å². The monoisotopic (exact) mass is 705 g/mol. The van der Waals surface area contributed by atoms with Crippen LogP contribution in [0.2, 0.25) is 0 Å². The highest BCUT2D eigenvalue weighted by atomic mass is 35.5. The summed E-state index contributed by atoms with van der Waals surface area (Å²) < 4.78 is 14.7. The first-order chi connectivity index (χ1) is 23.4. The minimum Gasteiger partial charge on any atom is -0.350 e. The molecule has 0 spiro atoms. The minimum absolute atomic E-state index is 0.0367. The number of nitriles is 1. The number of hydrogen-bond donors (Lipinski definition) is 4. The lowest BCUT2D eigenvalue weighted by Gasteiger charge is -2.25. The topological polar surface area (TPSA) is 184 Å². The van der Waals surface area contributed by atoms with Gasteiger partial charge >= 0.3 is 5.91 Å². The van der Waals surface area contributed by atoms with Crippen LogP contribution >= 0.6 is 11.6 Å². The molecule has 254 valence electrons. The number of likely N-dealkylation sites (N-methyl/N-ethyl adjacent to an activating group) is 1. The fourth-order valence-corrected chi connectivity index (χ4v) is 6.15. The first-order valence-electron chi connectivity index (χ1n) is 14.8. The number of nitrogens with zero attached hydrogens (tertiary/aromatic N) is 4. The van der Waals surface area contributed by atoms with Gasteiger partial charge in [0.15, 0.2) is 5.78 Å². The molecule has 1 aliphatic rings. The van der Waals surface area contributed by atoms with Crippen LogP contribution in [0, 0.1) is 11.3 Å². The summed E-state index contributed by atoms with van der Waals surface area (Å²) in [5, 5.41) is 16.7. The molecule has 4 rings (SSSR count). The number of hydrogen-bond acceptors (Lipinski definition) is 7. The van der Waals surface area contributed by atoms with E-state index in [4.69, 9.17) is 16.9 Å². The lowest BCUT2D eigenvalue weighted by Crippen LogP contribution is -2.50. The van der Waals surface area contributed by atoms with E-state index in [0.717, 1.165) is 0 Å². The molecule has 14 nitrogen and oxygen atoms in total. The number of amides is 4. The van der Waals surface area contributed by atoms with Gasteiger partial charge in [-0.1, -0.05) is 18.2 Å². The molecule has 0 bridgehead atoms. The van der Waals surface area contributed by atoms with Crippen LogP contribution in [0.3, 0.4) is 0 Å². The number of carbonyl (C=O) groups excluding carboxylic acids is 5. The molecule has 1 aliphatic heterocycles. The van der Waals surface area contributed by atoms with Crippen molar-refractivity contribution in [3.05, 3.63) is 95.4 Å². The van der Waals surface area contributed by atoms with Crippen molar-refractivity contribution in [2.75, 3.05) is 35.9 Å². The zero-order chi connectivity index (χ0) is 35.7. The number of ketones is 1. The summed E-state index contributed by atoms with van der Waals surface area (Å²) in [5.41, 5.74) is 4.55. The Morgan fingerprint density at radius 1 is 0.980 bits per heavy atom. The second kappa shape index (κ2) is 16.0. The summed E-state index contributed by atoms with van der Waals surface area (Å²) in [6.07, 6.45) is 9.38. The van der Waals surface area contributed by atoms with Crippen LogP contribution in [-0.2, 0) is 39.3 Å². The Kier molecular flexibility index (Phi) is 11.9. The standard InChI is InChI=1S/C33H33ClN8O6S/c1-40-18-24(16-27(40)31(45)36-13-4-12-35)38-32(46)28-17-25(19-41(28)2)39-33(47)29-15-23(20-42(29,3)37-21-43)30(44)10-7-22-5-8-26(9-6-22)49(48)14-11-34/h5-10,15-21H,4,11,13-14H2,1-3H3,(H3-,36,37,38,39,43,45,46,47)/p+1. The molecule has 0 radical (unpaired) electrons. The molecule has 4 N–H and O–H groups in total. The van der Waals surface area contributed by atoms with Gasteiger partial charge in [-0.2, -0.15) is 15.3 Å². The molecular weight excluding hydrogens is 672 g/mol. The lowest BCUT2D eigenvalue weighted by atomic mass is 10.1. The zero-order valence-electron chi connectivity index (χ0n) is 26.9. The number of carbonyl (C=O) groups is 5. The Labute approximate surface area is 289 Å². The van der Waals surface area contributed by atoms with E-state index in [1.54, 1.807) is 55.2 Å². The number of anilines is 2. The maximum Gasteiger partial charge on any atom is 0.312 e. The van der Waals surface area contributed by atoms with Crippen LogP contribution in [-0.4, -0.2) is 73.1 Å². The Bertz CT molecular complexity index is 1950. The number of rotatable bonds is 15. The zero-order valence-corrected chi connectivity index (χ0v) is 28.4. The number of nitrogens with one attached hydrogen (secondary N) is 4. The highest BCUT2D eigenvalue weighted by Gasteiger charge is 2.39. The highest BCUT2D eigenvalue weighted by molar-refractivity contribution is 7.85. The summed E-state index contributed by atoms with van der Waals surface area (Å²) in [6.45, 7) is 0.196. The molecule has 0 saturated heterocycles. The fourth-order valence-electron chi connectivity index (χ4n) is 4.91. The second-order valence-electron chi connectivity index (χ2n) is 11.0. The number of allylic oxidation sites excluding steroid dienone is 3. The Morgan fingerprint density at radius 3 is 2.18 bits per heavy atom. The molecule has 0 fully saturated rings. The van der Waals surface area contributed by atoms with Crippen molar-refractivity contribution in [2.45, 2.75) is 11.3 Å². The van der Waals surface area contributed by atoms with Gasteiger partial charge in [0.2, 0.25) is 5.70 Å². The molecule has 0 saturated carbocycles. The van der Waals surface area contributed by atoms with Crippen molar-refractivity contribution < 1.29 is 32.8 Å². The quantitative estimate of drug-likeness (QED) is 0.0616. The largest absolute Gasteiger partial charge is 0.350 e. The molecule has 3 heterocycles. The van der Waals surface area contributed by atoms with Gasteiger partial charge in [0.05, 0.1) is 40.2 Å². The van der Waals surface area contributed by atoms with Gasteiger partial charge in [-0.05, 0) is 35.9 Å². The van der Waals surface area contributed by atoms with Crippen LogP contribution in [0.25, 0.3) is 6.08 Å². The maximum absolute atomic E-state index is 13.5. The van der Waals surface area contributed by atoms with Gasteiger partial charge in [-0.25, -0.2) is 0 Å². The first-order valence-corrected chi connectivity index (χ1v) is 16.6. The van der Waals surface area contributed by atoms with E-state index in [0.29, 0.717) is 28.3 Å². The molecule has 4 amide bonds. The summed E-state index contributed by atoms with van der Waals surface area (Å²) in [5.74, 6) is -1.34. The smallest absolute Gasteiger partial charge is 0.312 e. The fraction of sp³-hybridized carbons (Fsp3) is 0.212. The summed E-state index contributed by atoms with van der Waals surface area (Å²) in [7, 11) is 3.57. The maximum atomic E-state index is 13.5. The number of benzene rings is 1. The molecule has 2 unspecified atom stereocenters. The van der Waals surface area contributed by atoms with Gasteiger partial charge in [-0.15, -0.1) is 11.6 Å². The highest BCUT2D eigenvalue weighted by Crippen LogP contribution is 2.27. The number of aromatic nitrogens is 2. The average Bonchev–Trinajstić information content (AvgIpc) is 3.74. The third-order valence-electron chi connectivity index (χ3n) is 7.37. The van der Waals surface area contributed by atoms with Crippen molar-refractivity contribution in [1.29, 1.82) is 5.26 Å². The van der Waals surface area contributed by atoms with Crippen LogP contribution in [0.1, 0.15) is 33.0 Å². The van der Waals surface area contributed by atoms with Crippen LogP contribution in [0.4, 0.5) is 11.4 Å². The van der Waals surface area contributed by atoms with Gasteiger partial charge in [0.1, 0.15) is 24.6 Å². The first kappa shape index (κ1) is 36.3. The minimum atomic E-state index is -1.21. The van der Waals surface area contributed by atoms with E-state index in [9.17, 15) is 28.2 Å². The van der Waals surface area contributed by atoms with E-state index in [-0.39, 0.29) is 47.2 Å². The van der Waals surface area contributed by atoms with Gasteiger partial charge in [0.25, 0.3) is 18.2 Å². The number of quaternary nitrogens is 1. The molecule has 3 aromatic rings. The summed E-state index contributed by atoms with van der Waals surface area (Å²) in [6, 6.07) is 11.8. The average molecular weight is 706 g/mol. The van der Waals surface area contributed by atoms with E-state index in [1.807, 2.05) is 6.07 Å². The molecule has 0 aliphatic carbocycles. The SMILES string of the molecule is Cn1cc(NC(=O)c2cc(NC(=O)C3=CC(C(=O)C=Cc4ccc(S(=O)CCCl)cc4)=C[N+]3(C)NC=O)cn2C)cc1C(=O)NCCC#N.